The summed E-state index contributed by atoms with van der Waals surface area (Å²) in [5, 5.41) is 0. The van der Waals surface area contributed by atoms with Crippen LogP contribution in [0.25, 0.3) is 0 Å². The van der Waals surface area contributed by atoms with E-state index < -0.39 is 40.6 Å². The Bertz CT molecular complexity index is 954. The molecule has 0 aliphatic carbocycles. The van der Waals surface area contributed by atoms with Crippen molar-refractivity contribution in [2.45, 2.75) is 15.7 Å². The molecule has 0 unspecified atom stereocenters. The number of rotatable bonds is 1. The smallest absolute Gasteiger partial charge is 0.200 e. The molecule has 0 aromatic heterocycles. The van der Waals surface area contributed by atoms with E-state index in [4.69, 9.17) is 0 Å². The van der Waals surface area contributed by atoms with Crippen LogP contribution in [0.3, 0.4) is 0 Å². The van der Waals surface area contributed by atoms with E-state index in [-0.39, 0.29) is 10.9 Å². The van der Waals surface area contributed by atoms with Crippen molar-refractivity contribution < 1.29 is 22.0 Å². The van der Waals surface area contributed by atoms with Crippen molar-refractivity contribution in [2.24, 2.45) is 0 Å². The van der Waals surface area contributed by atoms with Crippen molar-refractivity contribution in [1.29, 1.82) is 0 Å². The molecular formula is C20H12F5S+. The molecule has 0 atom stereocenters. The summed E-state index contributed by atoms with van der Waals surface area (Å²) in [6.07, 6.45) is 1.98. The van der Waals surface area contributed by atoms with Gasteiger partial charge < -0.3 is 0 Å². The van der Waals surface area contributed by atoms with E-state index in [2.05, 4.69) is 0 Å². The zero-order chi connectivity index (χ0) is 18.6. The Labute approximate surface area is 149 Å². The van der Waals surface area contributed by atoms with Crippen LogP contribution in [0.15, 0.2) is 58.3 Å². The Balaban J connectivity index is 2.10. The molecule has 0 N–H and O–H groups in total. The molecule has 0 saturated carbocycles. The van der Waals surface area contributed by atoms with Crippen LogP contribution in [0.4, 0.5) is 22.0 Å². The van der Waals surface area contributed by atoms with Gasteiger partial charge in [-0.25, -0.2) is 22.0 Å². The highest BCUT2D eigenvalue weighted by Gasteiger charge is 2.42. The van der Waals surface area contributed by atoms with Crippen LogP contribution in [0, 0.1) is 29.1 Å². The zero-order valence-electron chi connectivity index (χ0n) is 13.5. The number of fused-ring (bicyclic) bond motifs is 2. The van der Waals surface area contributed by atoms with E-state index in [9.17, 15) is 22.0 Å². The fraction of sp³-hybridized carbons (Fsp3) is 0.100. The Morgan fingerprint density at radius 1 is 0.615 bits per heavy atom. The first-order valence-corrected chi connectivity index (χ1v) is 9.42. The van der Waals surface area contributed by atoms with Gasteiger partial charge in [-0.3, -0.25) is 0 Å². The third kappa shape index (κ3) is 2.28. The standard InChI is InChI=1S/C20H12F5S/c1-26-12-8-4-2-6-10(12)14(11-7-3-5-9-13(11)26)15-16(21)18(23)20(25)19(24)17(15)22/h2-9,14H,1H3/q+1. The molecule has 26 heavy (non-hydrogen) atoms. The molecule has 0 bridgehead atoms. The van der Waals surface area contributed by atoms with Gasteiger partial charge in [0.2, 0.25) is 5.82 Å². The largest absolute Gasteiger partial charge is 0.203 e. The molecule has 0 fully saturated rings. The van der Waals surface area contributed by atoms with Gasteiger partial charge in [-0.2, -0.15) is 0 Å². The maximum absolute atomic E-state index is 14.6. The van der Waals surface area contributed by atoms with Gasteiger partial charge in [0.05, 0.1) is 10.9 Å². The van der Waals surface area contributed by atoms with Crippen molar-refractivity contribution in [3.05, 3.63) is 94.3 Å². The molecule has 3 aromatic carbocycles. The molecule has 0 saturated heterocycles. The lowest BCUT2D eigenvalue weighted by atomic mass is 9.83. The molecule has 1 aliphatic heterocycles. The van der Waals surface area contributed by atoms with Gasteiger partial charge in [0.1, 0.15) is 6.26 Å². The maximum atomic E-state index is 14.6. The van der Waals surface area contributed by atoms with E-state index in [1.165, 1.54) is 0 Å². The normalized spacial score (nSPS) is 18.4. The quantitative estimate of drug-likeness (QED) is 0.225. The Morgan fingerprint density at radius 2 is 1.00 bits per heavy atom. The third-order valence-corrected chi connectivity index (χ3v) is 6.72. The summed E-state index contributed by atoms with van der Waals surface area (Å²) in [6, 6.07) is 14.0. The van der Waals surface area contributed by atoms with Crippen LogP contribution in [-0.2, 0) is 10.9 Å². The summed E-state index contributed by atoms with van der Waals surface area (Å²) in [4.78, 5) is 1.67. The minimum Gasteiger partial charge on any atom is -0.203 e. The average Bonchev–Trinajstić information content (AvgIpc) is 2.67. The molecule has 0 amide bonds. The second-order valence-corrected chi connectivity index (χ2v) is 7.90. The Hall–Kier alpha value is -2.34. The first kappa shape index (κ1) is 17.1. The maximum Gasteiger partial charge on any atom is 0.200 e. The van der Waals surface area contributed by atoms with Crippen molar-refractivity contribution in [2.75, 3.05) is 6.26 Å². The predicted octanol–water partition coefficient (Wildman–Crippen LogP) is 5.54. The van der Waals surface area contributed by atoms with Crippen molar-refractivity contribution in [1.82, 2.24) is 0 Å². The van der Waals surface area contributed by atoms with Crippen LogP contribution in [0.5, 0.6) is 0 Å². The number of halogens is 5. The van der Waals surface area contributed by atoms with E-state index >= 15 is 0 Å². The van der Waals surface area contributed by atoms with Gasteiger partial charge in [0, 0.05) is 22.6 Å². The number of benzene rings is 3. The van der Waals surface area contributed by atoms with Gasteiger partial charge in [-0.1, -0.05) is 36.4 Å². The zero-order valence-corrected chi connectivity index (χ0v) is 14.3. The van der Waals surface area contributed by atoms with Crippen LogP contribution < -0.4 is 0 Å². The Morgan fingerprint density at radius 3 is 1.46 bits per heavy atom. The summed E-state index contributed by atoms with van der Waals surface area (Å²) in [6.45, 7) is 0. The lowest BCUT2D eigenvalue weighted by molar-refractivity contribution is 0.368. The van der Waals surface area contributed by atoms with Crippen LogP contribution in [0.1, 0.15) is 22.6 Å². The fourth-order valence-electron chi connectivity index (χ4n) is 3.47. The molecule has 132 valence electrons. The first-order chi connectivity index (χ1) is 12.4. The highest BCUT2D eigenvalue weighted by molar-refractivity contribution is 7.96. The van der Waals surface area contributed by atoms with Gasteiger partial charge in [0.15, 0.2) is 33.1 Å². The molecule has 0 radical (unpaired) electrons. The minimum atomic E-state index is -2.14. The molecule has 0 spiro atoms. The van der Waals surface area contributed by atoms with Gasteiger partial charge >= 0.3 is 0 Å². The van der Waals surface area contributed by atoms with Gasteiger partial charge in [0.25, 0.3) is 0 Å². The molecular weight excluding hydrogens is 367 g/mol. The van der Waals surface area contributed by atoms with E-state index in [1.54, 1.807) is 36.4 Å². The molecule has 4 rings (SSSR count). The molecule has 0 nitrogen and oxygen atoms in total. The van der Waals surface area contributed by atoms with Crippen molar-refractivity contribution in [3.8, 4) is 0 Å². The third-order valence-electron chi connectivity index (χ3n) is 4.65. The molecule has 6 heteroatoms. The molecule has 3 aromatic rings. The first-order valence-electron chi connectivity index (χ1n) is 7.78. The van der Waals surface area contributed by atoms with Crippen LogP contribution in [-0.4, -0.2) is 6.26 Å². The van der Waals surface area contributed by atoms with E-state index in [0.717, 1.165) is 9.79 Å². The Kier molecular flexibility index (Phi) is 4.03. The van der Waals surface area contributed by atoms with E-state index in [0.29, 0.717) is 11.1 Å². The van der Waals surface area contributed by atoms with Crippen LogP contribution >= 0.6 is 0 Å². The SMILES string of the molecule is C[S+]1c2ccccc2C(c2c(F)c(F)c(F)c(F)c2F)c2ccccc21. The molecule has 1 aliphatic rings. The highest BCUT2D eigenvalue weighted by atomic mass is 32.2. The summed E-state index contributed by atoms with van der Waals surface area (Å²) in [5.41, 5.74) is 0.304. The van der Waals surface area contributed by atoms with E-state index in [1.807, 2.05) is 18.4 Å². The second kappa shape index (κ2) is 6.13. The summed E-state index contributed by atoms with van der Waals surface area (Å²) in [5.74, 6) is -10.6. The van der Waals surface area contributed by atoms with Crippen molar-refractivity contribution in [3.63, 3.8) is 0 Å². The summed E-state index contributed by atoms with van der Waals surface area (Å²) < 4.78 is 70.3. The van der Waals surface area contributed by atoms with Gasteiger partial charge in [-0.05, 0) is 12.1 Å². The molecule has 1 heterocycles. The number of hydrogen-bond donors (Lipinski definition) is 0. The fourth-order valence-corrected chi connectivity index (χ4v) is 5.35. The lowest BCUT2D eigenvalue weighted by Gasteiger charge is -2.27. The van der Waals surface area contributed by atoms with Crippen molar-refractivity contribution >= 4 is 10.9 Å². The highest BCUT2D eigenvalue weighted by Crippen LogP contribution is 2.47. The minimum absolute atomic E-state index is 0.369. The van der Waals surface area contributed by atoms with Gasteiger partial charge in [-0.15, -0.1) is 0 Å². The monoisotopic (exact) mass is 379 g/mol. The second-order valence-electron chi connectivity index (χ2n) is 6.00. The summed E-state index contributed by atoms with van der Waals surface area (Å²) in [7, 11) is -0.369. The topological polar surface area (TPSA) is 0 Å². The number of hydrogen-bond acceptors (Lipinski definition) is 0. The van der Waals surface area contributed by atoms with Crippen LogP contribution in [0.2, 0.25) is 0 Å². The lowest BCUT2D eigenvalue weighted by Crippen LogP contribution is -2.22. The predicted molar refractivity (Wildman–Crippen MR) is 89.9 cm³/mol. The average molecular weight is 379 g/mol. The summed E-state index contributed by atoms with van der Waals surface area (Å²) >= 11 is 0.